The van der Waals surface area contributed by atoms with Crippen molar-refractivity contribution in [3.05, 3.63) is 89.5 Å². The SMILES string of the molecule is O=C(Nc1cccc(C(F)(F)F)c1)[C@H](NCc1ccc2c(c1)OCO2)c1ccccc1. The first-order valence-corrected chi connectivity index (χ1v) is 9.55. The minimum absolute atomic E-state index is 0.0747. The van der Waals surface area contributed by atoms with Gasteiger partial charge in [-0.2, -0.15) is 13.2 Å². The zero-order chi connectivity index (χ0) is 21.8. The van der Waals surface area contributed by atoms with Gasteiger partial charge in [-0.3, -0.25) is 10.1 Å². The number of carbonyl (C=O) groups excluding carboxylic acids is 1. The highest BCUT2D eigenvalue weighted by Crippen LogP contribution is 2.33. The van der Waals surface area contributed by atoms with Crippen molar-refractivity contribution in [1.82, 2.24) is 5.32 Å². The number of halogens is 3. The Morgan fingerprint density at radius 2 is 1.71 bits per heavy atom. The number of anilines is 1. The summed E-state index contributed by atoms with van der Waals surface area (Å²) in [6.45, 7) is 0.504. The molecule has 0 saturated heterocycles. The van der Waals surface area contributed by atoms with E-state index in [4.69, 9.17) is 9.47 Å². The Labute approximate surface area is 176 Å². The maximum absolute atomic E-state index is 13.0. The van der Waals surface area contributed by atoms with Gasteiger partial charge < -0.3 is 14.8 Å². The van der Waals surface area contributed by atoms with Crippen LogP contribution >= 0.6 is 0 Å². The van der Waals surface area contributed by atoms with Crippen LogP contribution in [0.1, 0.15) is 22.7 Å². The molecular formula is C23H19F3N2O3. The Morgan fingerprint density at radius 3 is 2.48 bits per heavy atom. The Bertz CT molecular complexity index is 1070. The number of hydrogen-bond acceptors (Lipinski definition) is 4. The van der Waals surface area contributed by atoms with Crippen molar-refractivity contribution in [3.8, 4) is 11.5 Å². The predicted octanol–water partition coefficient (Wildman–Crippen LogP) is 4.90. The van der Waals surface area contributed by atoms with Gasteiger partial charge in [0.1, 0.15) is 6.04 Å². The summed E-state index contributed by atoms with van der Waals surface area (Å²) in [6.07, 6.45) is -4.49. The molecular weight excluding hydrogens is 409 g/mol. The first-order chi connectivity index (χ1) is 14.9. The van der Waals surface area contributed by atoms with Gasteiger partial charge in [-0.05, 0) is 41.5 Å². The Hall–Kier alpha value is -3.52. The fourth-order valence-electron chi connectivity index (χ4n) is 3.27. The zero-order valence-electron chi connectivity index (χ0n) is 16.3. The van der Waals surface area contributed by atoms with E-state index >= 15 is 0 Å². The van der Waals surface area contributed by atoms with Crippen molar-refractivity contribution in [2.45, 2.75) is 18.8 Å². The lowest BCUT2D eigenvalue weighted by molar-refractivity contribution is -0.137. The Kier molecular flexibility index (Phi) is 5.81. The molecule has 31 heavy (non-hydrogen) atoms. The molecule has 1 aliphatic heterocycles. The van der Waals surface area contributed by atoms with E-state index in [0.29, 0.717) is 23.6 Å². The predicted molar refractivity (Wildman–Crippen MR) is 109 cm³/mol. The van der Waals surface area contributed by atoms with Gasteiger partial charge in [-0.1, -0.05) is 42.5 Å². The summed E-state index contributed by atoms with van der Waals surface area (Å²) in [7, 11) is 0. The largest absolute Gasteiger partial charge is 0.454 e. The Balaban J connectivity index is 1.52. The van der Waals surface area contributed by atoms with Crippen molar-refractivity contribution >= 4 is 11.6 Å². The van der Waals surface area contributed by atoms with E-state index in [1.54, 1.807) is 30.3 Å². The quantitative estimate of drug-likeness (QED) is 0.586. The van der Waals surface area contributed by atoms with Gasteiger partial charge in [-0.25, -0.2) is 0 Å². The van der Waals surface area contributed by atoms with Gasteiger partial charge in [0.2, 0.25) is 12.7 Å². The molecule has 0 aliphatic carbocycles. The minimum Gasteiger partial charge on any atom is -0.454 e. The van der Waals surface area contributed by atoms with Crippen LogP contribution in [0.25, 0.3) is 0 Å². The van der Waals surface area contributed by atoms with Gasteiger partial charge in [-0.15, -0.1) is 0 Å². The molecule has 0 aromatic heterocycles. The molecule has 1 heterocycles. The zero-order valence-corrected chi connectivity index (χ0v) is 16.3. The van der Waals surface area contributed by atoms with Crippen molar-refractivity contribution in [1.29, 1.82) is 0 Å². The van der Waals surface area contributed by atoms with Gasteiger partial charge in [0.15, 0.2) is 11.5 Å². The molecule has 4 rings (SSSR count). The molecule has 3 aromatic carbocycles. The lowest BCUT2D eigenvalue weighted by Crippen LogP contribution is -2.32. The number of alkyl halides is 3. The summed E-state index contributed by atoms with van der Waals surface area (Å²) in [5.41, 5.74) is 0.810. The first-order valence-electron chi connectivity index (χ1n) is 9.55. The summed E-state index contributed by atoms with van der Waals surface area (Å²) in [5, 5.41) is 5.76. The fraction of sp³-hybridized carbons (Fsp3) is 0.174. The molecule has 1 atom stereocenters. The van der Waals surface area contributed by atoms with Gasteiger partial charge in [0.05, 0.1) is 5.56 Å². The molecule has 160 valence electrons. The number of benzene rings is 3. The van der Waals surface area contributed by atoms with Crippen LogP contribution in [-0.2, 0) is 17.5 Å². The van der Waals surface area contributed by atoms with Crippen LogP contribution in [0.2, 0.25) is 0 Å². The smallest absolute Gasteiger partial charge is 0.416 e. The van der Waals surface area contributed by atoms with E-state index in [-0.39, 0.29) is 12.5 Å². The van der Waals surface area contributed by atoms with Crippen LogP contribution in [-0.4, -0.2) is 12.7 Å². The van der Waals surface area contributed by atoms with Gasteiger partial charge >= 0.3 is 6.18 Å². The van der Waals surface area contributed by atoms with Crippen LogP contribution in [0.5, 0.6) is 11.5 Å². The average molecular weight is 428 g/mol. The number of rotatable bonds is 6. The molecule has 1 aliphatic rings. The highest BCUT2D eigenvalue weighted by molar-refractivity contribution is 5.95. The first kappa shape index (κ1) is 20.7. The number of ether oxygens (including phenoxy) is 2. The Morgan fingerprint density at radius 1 is 0.935 bits per heavy atom. The number of carbonyl (C=O) groups is 1. The second kappa shape index (κ2) is 8.69. The molecule has 8 heteroatoms. The van der Waals surface area contributed by atoms with E-state index < -0.39 is 23.7 Å². The topological polar surface area (TPSA) is 59.6 Å². The third kappa shape index (κ3) is 4.97. The molecule has 0 saturated carbocycles. The molecule has 5 nitrogen and oxygen atoms in total. The molecule has 0 radical (unpaired) electrons. The number of fused-ring (bicyclic) bond motifs is 1. The number of hydrogen-bond donors (Lipinski definition) is 2. The second-order valence-electron chi connectivity index (χ2n) is 6.98. The van der Waals surface area contributed by atoms with Crippen LogP contribution in [0, 0.1) is 0 Å². The minimum atomic E-state index is -4.49. The van der Waals surface area contributed by atoms with Crippen LogP contribution < -0.4 is 20.1 Å². The maximum atomic E-state index is 13.0. The van der Waals surface area contributed by atoms with Crippen LogP contribution in [0.4, 0.5) is 18.9 Å². The maximum Gasteiger partial charge on any atom is 0.416 e. The molecule has 0 unspecified atom stereocenters. The van der Waals surface area contributed by atoms with Crippen LogP contribution in [0.3, 0.4) is 0 Å². The fourth-order valence-corrected chi connectivity index (χ4v) is 3.27. The standard InChI is InChI=1S/C23H19F3N2O3/c24-23(25,26)17-7-4-8-18(12-17)28-22(29)21(16-5-2-1-3-6-16)27-13-15-9-10-19-20(11-15)31-14-30-19/h1-12,21,27H,13-14H2,(H,28,29)/t21-/m1/s1. The van der Waals surface area contributed by atoms with Crippen molar-refractivity contribution in [2.75, 3.05) is 12.1 Å². The summed E-state index contributed by atoms with van der Waals surface area (Å²) >= 11 is 0. The molecule has 0 bridgehead atoms. The monoisotopic (exact) mass is 428 g/mol. The summed E-state index contributed by atoms with van der Waals surface area (Å²) in [5.74, 6) is 0.820. The average Bonchev–Trinajstić information content (AvgIpc) is 3.22. The van der Waals surface area contributed by atoms with Gasteiger partial charge in [0, 0.05) is 12.2 Å². The highest BCUT2D eigenvalue weighted by atomic mass is 19.4. The summed E-state index contributed by atoms with van der Waals surface area (Å²) in [4.78, 5) is 13.0. The molecule has 0 fully saturated rings. The lowest BCUT2D eigenvalue weighted by Gasteiger charge is -2.19. The highest BCUT2D eigenvalue weighted by Gasteiger charge is 2.31. The summed E-state index contributed by atoms with van der Waals surface area (Å²) in [6, 6.07) is 18.2. The third-order valence-corrected chi connectivity index (χ3v) is 4.80. The van der Waals surface area contributed by atoms with E-state index in [1.807, 2.05) is 18.2 Å². The number of amides is 1. The van der Waals surface area contributed by atoms with Crippen molar-refractivity contribution in [2.24, 2.45) is 0 Å². The van der Waals surface area contributed by atoms with E-state index in [2.05, 4.69) is 10.6 Å². The van der Waals surface area contributed by atoms with E-state index in [1.165, 1.54) is 12.1 Å². The lowest BCUT2D eigenvalue weighted by atomic mass is 10.0. The normalized spacial score (nSPS) is 13.6. The van der Waals surface area contributed by atoms with Crippen molar-refractivity contribution in [3.63, 3.8) is 0 Å². The third-order valence-electron chi connectivity index (χ3n) is 4.80. The number of nitrogens with one attached hydrogen (secondary N) is 2. The van der Waals surface area contributed by atoms with Crippen LogP contribution in [0.15, 0.2) is 72.8 Å². The van der Waals surface area contributed by atoms with E-state index in [0.717, 1.165) is 17.7 Å². The molecule has 1 amide bonds. The van der Waals surface area contributed by atoms with E-state index in [9.17, 15) is 18.0 Å². The summed E-state index contributed by atoms with van der Waals surface area (Å²) < 4.78 is 49.6. The van der Waals surface area contributed by atoms with Gasteiger partial charge in [0.25, 0.3) is 0 Å². The molecule has 2 N–H and O–H groups in total. The molecule has 3 aromatic rings. The second-order valence-corrected chi connectivity index (χ2v) is 6.98. The molecule has 0 spiro atoms. The van der Waals surface area contributed by atoms with Crippen molar-refractivity contribution < 1.29 is 27.4 Å².